The number of amides is 1. The molecule has 6 nitrogen and oxygen atoms in total. The molecule has 0 saturated carbocycles. The molecule has 1 amide bonds. The van der Waals surface area contributed by atoms with E-state index in [4.69, 9.17) is 9.47 Å². The molecule has 0 aliphatic carbocycles. The number of aliphatic hydroxyl groups excluding tert-OH is 1. The number of hydrogen-bond donors (Lipinski definition) is 2. The van der Waals surface area contributed by atoms with E-state index in [-0.39, 0.29) is 31.3 Å². The molecule has 4 atom stereocenters. The van der Waals surface area contributed by atoms with Crippen molar-refractivity contribution in [1.29, 1.82) is 0 Å². The highest BCUT2D eigenvalue weighted by Crippen LogP contribution is 2.42. The van der Waals surface area contributed by atoms with Crippen LogP contribution in [0.2, 0.25) is 0 Å². The van der Waals surface area contributed by atoms with Gasteiger partial charge in [-0.3, -0.25) is 4.79 Å². The average molecular weight is 837 g/mol. The van der Waals surface area contributed by atoms with Crippen molar-refractivity contribution in [2.45, 2.75) is 129 Å². The summed E-state index contributed by atoms with van der Waals surface area (Å²) in [5.74, 6) is -12.5. The van der Waals surface area contributed by atoms with E-state index in [0.29, 0.717) is 11.1 Å². The molecule has 60 heavy (non-hydrogen) atoms. The maximum atomic E-state index is 14.4. The standard InChI is InChI=1S/C49H61F5N2O4/c1-4-6-8-10-12-16-28-56(29-17-13-11-9-7-5-2)31-40-33(3)47(36-22-20-34(32-57)21-23-36)60-49(59-40)37-26-24-35(25-27-37)39-19-15-14-18-38(39)30-55-48(58)41-42(50)44(52)46(54)45(53)43(41)51/h14-15,18-27,33,40,47,49,57H,4-13,16-17,28-32H2,1-3H3,(H,55,58)/t33-,40+,47+,49+/m1/s1. The SMILES string of the molecule is CCCCCCCCN(CCCCCCCC)C[C@@H]1O[C@H](c2ccc(-c3ccccc3CNC(=O)c3c(F)c(F)c(F)c(F)c3F)cc2)O[C@H](c2ccc(CO)cc2)[C@@H]1C. The molecule has 0 spiro atoms. The average Bonchev–Trinajstić information content (AvgIpc) is 3.27. The van der Waals surface area contributed by atoms with Crippen molar-refractivity contribution < 1.29 is 41.3 Å². The van der Waals surface area contributed by atoms with E-state index in [1.807, 2.05) is 54.6 Å². The van der Waals surface area contributed by atoms with E-state index in [0.717, 1.165) is 54.7 Å². The third kappa shape index (κ3) is 12.5. The van der Waals surface area contributed by atoms with Crippen LogP contribution < -0.4 is 5.32 Å². The molecule has 5 rings (SSSR count). The zero-order chi connectivity index (χ0) is 43.0. The van der Waals surface area contributed by atoms with Gasteiger partial charge in [-0.05, 0) is 53.7 Å². The van der Waals surface area contributed by atoms with Crippen molar-refractivity contribution in [3.8, 4) is 11.1 Å². The topological polar surface area (TPSA) is 71.0 Å². The van der Waals surface area contributed by atoms with Crippen molar-refractivity contribution in [3.05, 3.63) is 130 Å². The van der Waals surface area contributed by atoms with Gasteiger partial charge >= 0.3 is 0 Å². The summed E-state index contributed by atoms with van der Waals surface area (Å²) in [5, 5.41) is 12.0. The van der Waals surface area contributed by atoms with E-state index in [2.05, 4.69) is 31.0 Å². The van der Waals surface area contributed by atoms with Gasteiger partial charge in [-0.2, -0.15) is 0 Å². The molecule has 1 heterocycles. The highest BCUT2D eigenvalue weighted by Gasteiger charge is 2.39. The van der Waals surface area contributed by atoms with Crippen LogP contribution in [0.25, 0.3) is 11.1 Å². The van der Waals surface area contributed by atoms with Gasteiger partial charge in [-0.25, -0.2) is 22.0 Å². The summed E-state index contributed by atoms with van der Waals surface area (Å²) in [6.07, 6.45) is 13.7. The van der Waals surface area contributed by atoms with Crippen LogP contribution in [0.15, 0.2) is 72.8 Å². The molecule has 1 aliphatic rings. The highest BCUT2D eigenvalue weighted by molar-refractivity contribution is 5.95. The van der Waals surface area contributed by atoms with E-state index in [9.17, 15) is 31.9 Å². The summed E-state index contributed by atoms with van der Waals surface area (Å²) in [5.41, 5.74) is 3.12. The quantitative estimate of drug-likeness (QED) is 0.0337. The van der Waals surface area contributed by atoms with E-state index >= 15 is 0 Å². The fraction of sp³-hybridized carbons (Fsp3) is 0.490. The summed E-state index contributed by atoms with van der Waals surface area (Å²) in [7, 11) is 0. The number of carbonyl (C=O) groups is 1. The first kappa shape index (κ1) is 46.9. The van der Waals surface area contributed by atoms with Crippen molar-refractivity contribution >= 4 is 5.91 Å². The van der Waals surface area contributed by atoms with Crippen molar-refractivity contribution in [3.63, 3.8) is 0 Å². The number of aliphatic hydroxyl groups is 1. The zero-order valence-electron chi connectivity index (χ0n) is 35.3. The van der Waals surface area contributed by atoms with Gasteiger partial charge in [-0.15, -0.1) is 0 Å². The second-order valence-electron chi connectivity index (χ2n) is 16.1. The number of halogens is 5. The number of carbonyl (C=O) groups excluding carboxylic acids is 1. The lowest BCUT2D eigenvalue weighted by atomic mass is 9.89. The van der Waals surface area contributed by atoms with Gasteiger partial charge in [0.1, 0.15) is 5.56 Å². The van der Waals surface area contributed by atoms with Crippen LogP contribution in [0, 0.1) is 35.0 Å². The molecular weight excluding hydrogens is 776 g/mol. The first-order valence-corrected chi connectivity index (χ1v) is 21.8. The van der Waals surface area contributed by atoms with Crippen LogP contribution in [0.1, 0.15) is 143 Å². The summed E-state index contributed by atoms with van der Waals surface area (Å²) >= 11 is 0. The Morgan fingerprint density at radius 1 is 0.667 bits per heavy atom. The van der Waals surface area contributed by atoms with Gasteiger partial charge < -0.3 is 24.8 Å². The van der Waals surface area contributed by atoms with E-state index in [1.165, 1.54) is 64.2 Å². The molecule has 0 unspecified atom stereocenters. The molecule has 326 valence electrons. The number of nitrogens with one attached hydrogen (secondary N) is 1. The van der Waals surface area contributed by atoms with Gasteiger partial charge in [-0.1, -0.05) is 158 Å². The molecule has 0 radical (unpaired) electrons. The molecule has 0 bridgehead atoms. The Balaban J connectivity index is 1.34. The first-order valence-electron chi connectivity index (χ1n) is 21.8. The van der Waals surface area contributed by atoms with Crippen LogP contribution in [0.4, 0.5) is 22.0 Å². The van der Waals surface area contributed by atoms with Gasteiger partial charge in [0.2, 0.25) is 5.82 Å². The Labute approximate surface area is 352 Å². The van der Waals surface area contributed by atoms with Crippen LogP contribution in [0.5, 0.6) is 0 Å². The smallest absolute Gasteiger partial charge is 0.257 e. The maximum absolute atomic E-state index is 14.4. The van der Waals surface area contributed by atoms with E-state index in [1.54, 1.807) is 18.2 Å². The van der Waals surface area contributed by atoms with Crippen molar-refractivity contribution in [2.24, 2.45) is 5.92 Å². The molecule has 1 aliphatic heterocycles. The van der Waals surface area contributed by atoms with E-state index < -0.39 is 46.8 Å². The largest absolute Gasteiger partial charge is 0.392 e. The number of hydrogen-bond acceptors (Lipinski definition) is 5. The Hall–Kier alpha value is -4.16. The summed E-state index contributed by atoms with van der Waals surface area (Å²) < 4.78 is 83.6. The predicted molar refractivity (Wildman–Crippen MR) is 225 cm³/mol. The number of benzene rings is 4. The molecule has 2 N–H and O–H groups in total. The minimum absolute atomic E-state index is 0.0315. The van der Waals surface area contributed by atoms with Crippen molar-refractivity contribution in [1.82, 2.24) is 10.2 Å². The summed E-state index contributed by atoms with van der Waals surface area (Å²) in [6.45, 7) is 9.19. The van der Waals surface area contributed by atoms with Gasteiger partial charge in [0.25, 0.3) is 5.91 Å². The molecule has 4 aromatic carbocycles. The second kappa shape index (κ2) is 23.7. The third-order valence-corrected chi connectivity index (χ3v) is 11.6. The van der Waals surface area contributed by atoms with Gasteiger partial charge in [0.15, 0.2) is 29.6 Å². The monoisotopic (exact) mass is 836 g/mol. The molecule has 11 heteroatoms. The Kier molecular flexibility index (Phi) is 18.6. The normalized spacial score (nSPS) is 18.0. The minimum Gasteiger partial charge on any atom is -0.392 e. The van der Waals surface area contributed by atoms with Crippen LogP contribution in [-0.2, 0) is 22.6 Å². The fourth-order valence-electron chi connectivity index (χ4n) is 7.95. The number of unbranched alkanes of at least 4 members (excludes halogenated alkanes) is 10. The molecule has 0 aromatic heterocycles. The predicted octanol–water partition coefficient (Wildman–Crippen LogP) is 12.3. The number of nitrogens with zero attached hydrogens (tertiary/aromatic N) is 1. The Morgan fingerprint density at radius 3 is 1.78 bits per heavy atom. The zero-order valence-corrected chi connectivity index (χ0v) is 35.3. The fourth-order valence-corrected chi connectivity index (χ4v) is 7.95. The highest BCUT2D eigenvalue weighted by atomic mass is 19.2. The lowest BCUT2D eigenvalue weighted by Gasteiger charge is -2.43. The molecule has 1 fully saturated rings. The maximum Gasteiger partial charge on any atom is 0.257 e. The van der Waals surface area contributed by atoms with Gasteiger partial charge in [0, 0.05) is 24.6 Å². The lowest BCUT2D eigenvalue weighted by molar-refractivity contribution is -0.276. The van der Waals surface area contributed by atoms with Gasteiger partial charge in [0.05, 0.1) is 18.8 Å². The third-order valence-electron chi connectivity index (χ3n) is 11.6. The van der Waals surface area contributed by atoms with Crippen molar-refractivity contribution in [2.75, 3.05) is 19.6 Å². The summed E-state index contributed by atoms with van der Waals surface area (Å²) in [4.78, 5) is 15.3. The second-order valence-corrected chi connectivity index (χ2v) is 16.1. The minimum atomic E-state index is -2.33. The molecular formula is C49H61F5N2O4. The number of ether oxygens (including phenoxy) is 2. The van der Waals surface area contributed by atoms with Crippen LogP contribution in [0.3, 0.4) is 0 Å². The number of rotatable bonds is 23. The van der Waals surface area contributed by atoms with Crippen LogP contribution in [-0.4, -0.2) is 41.7 Å². The van der Waals surface area contributed by atoms with Crippen LogP contribution >= 0.6 is 0 Å². The lowest BCUT2D eigenvalue weighted by Crippen LogP contribution is -2.45. The molecule has 4 aromatic rings. The molecule has 1 saturated heterocycles. The Bertz CT molecular complexity index is 1900. The first-order chi connectivity index (χ1) is 29.1. The summed E-state index contributed by atoms with van der Waals surface area (Å²) in [6, 6.07) is 22.6. The Morgan fingerprint density at radius 2 is 1.20 bits per heavy atom.